The molecule has 1 aromatic carbocycles. The van der Waals surface area contributed by atoms with E-state index in [0.29, 0.717) is 6.61 Å². The molecule has 106 valence electrons. The molecule has 0 aliphatic rings. The van der Waals surface area contributed by atoms with Gasteiger partial charge in [-0.3, -0.25) is 10.1 Å². The number of rotatable bonds is 4. The molecule has 0 saturated heterocycles. The molecule has 0 saturated carbocycles. The summed E-state index contributed by atoms with van der Waals surface area (Å²) in [7, 11) is 0. The highest BCUT2D eigenvalue weighted by Crippen LogP contribution is 2.27. The van der Waals surface area contributed by atoms with Gasteiger partial charge in [0.25, 0.3) is 0 Å². The molecule has 2 aromatic heterocycles. The van der Waals surface area contributed by atoms with Crippen molar-refractivity contribution >= 4 is 0 Å². The van der Waals surface area contributed by atoms with Gasteiger partial charge in [0.1, 0.15) is 5.75 Å². The van der Waals surface area contributed by atoms with Crippen molar-refractivity contribution in [1.82, 2.24) is 15.2 Å². The lowest BCUT2D eigenvalue weighted by atomic mass is 10.0. The number of nitrogens with zero attached hydrogens (tertiary/aromatic N) is 2. The second-order valence-electron chi connectivity index (χ2n) is 4.84. The number of benzene rings is 1. The van der Waals surface area contributed by atoms with Gasteiger partial charge in [0.15, 0.2) is 0 Å². The van der Waals surface area contributed by atoms with Crippen LogP contribution in [0.4, 0.5) is 0 Å². The van der Waals surface area contributed by atoms with Crippen molar-refractivity contribution in [2.75, 3.05) is 6.61 Å². The van der Waals surface area contributed by atoms with E-state index in [9.17, 15) is 0 Å². The van der Waals surface area contributed by atoms with Gasteiger partial charge in [0.2, 0.25) is 0 Å². The summed E-state index contributed by atoms with van der Waals surface area (Å²) in [4.78, 5) is 4.57. The van der Waals surface area contributed by atoms with Gasteiger partial charge >= 0.3 is 0 Å². The monoisotopic (exact) mass is 279 g/mol. The second-order valence-corrected chi connectivity index (χ2v) is 4.84. The zero-order valence-corrected chi connectivity index (χ0v) is 12.1. The second kappa shape index (κ2) is 5.79. The number of aryl methyl sites for hydroxylation is 1. The third-order valence-electron chi connectivity index (χ3n) is 3.33. The number of hydrogen-bond acceptors (Lipinski definition) is 3. The molecular weight excluding hydrogens is 262 g/mol. The molecule has 3 aromatic rings. The molecule has 4 heteroatoms. The molecule has 0 atom stereocenters. The van der Waals surface area contributed by atoms with Gasteiger partial charge in [-0.05, 0) is 43.2 Å². The van der Waals surface area contributed by atoms with Crippen LogP contribution in [0.2, 0.25) is 0 Å². The van der Waals surface area contributed by atoms with E-state index in [4.69, 9.17) is 4.74 Å². The predicted octanol–water partition coefficient (Wildman–Crippen LogP) is 3.85. The average Bonchev–Trinajstić information content (AvgIpc) is 3.02. The minimum atomic E-state index is 0.667. The van der Waals surface area contributed by atoms with Crippen LogP contribution in [0.15, 0.2) is 48.9 Å². The van der Waals surface area contributed by atoms with Crippen LogP contribution < -0.4 is 4.74 Å². The average molecular weight is 279 g/mol. The minimum Gasteiger partial charge on any atom is -0.494 e. The van der Waals surface area contributed by atoms with Crippen LogP contribution in [0.3, 0.4) is 0 Å². The van der Waals surface area contributed by atoms with Crippen LogP contribution in [0.1, 0.15) is 12.5 Å². The number of nitrogens with one attached hydrogen (secondary N) is 1. The Balaban J connectivity index is 1.97. The number of aromatic amines is 1. The summed E-state index contributed by atoms with van der Waals surface area (Å²) in [5.41, 5.74) is 5.27. The van der Waals surface area contributed by atoms with Crippen molar-refractivity contribution in [2.45, 2.75) is 13.8 Å². The van der Waals surface area contributed by atoms with Crippen LogP contribution in [0, 0.1) is 6.92 Å². The molecule has 0 unspecified atom stereocenters. The van der Waals surface area contributed by atoms with Crippen LogP contribution in [0.25, 0.3) is 22.4 Å². The molecule has 2 heterocycles. The molecule has 0 amide bonds. The fraction of sp³-hybridized carbons (Fsp3) is 0.176. The van der Waals surface area contributed by atoms with Crippen LogP contribution in [0.5, 0.6) is 5.75 Å². The minimum absolute atomic E-state index is 0.667. The largest absolute Gasteiger partial charge is 0.494 e. The van der Waals surface area contributed by atoms with Crippen molar-refractivity contribution in [1.29, 1.82) is 0 Å². The third-order valence-corrected chi connectivity index (χ3v) is 3.33. The van der Waals surface area contributed by atoms with Crippen molar-refractivity contribution in [3.05, 3.63) is 54.5 Å². The molecule has 21 heavy (non-hydrogen) atoms. The maximum absolute atomic E-state index is 5.55. The van der Waals surface area contributed by atoms with Crippen LogP contribution in [-0.2, 0) is 0 Å². The summed E-state index contributed by atoms with van der Waals surface area (Å²) >= 11 is 0. The highest BCUT2D eigenvalue weighted by Gasteiger charge is 2.07. The highest BCUT2D eigenvalue weighted by atomic mass is 16.5. The number of aromatic nitrogens is 3. The smallest absolute Gasteiger partial charge is 0.119 e. The van der Waals surface area contributed by atoms with Gasteiger partial charge in [-0.2, -0.15) is 5.10 Å². The summed E-state index contributed by atoms with van der Waals surface area (Å²) in [5.74, 6) is 0.881. The van der Waals surface area contributed by atoms with E-state index in [2.05, 4.69) is 34.2 Å². The van der Waals surface area contributed by atoms with Crippen molar-refractivity contribution in [2.24, 2.45) is 0 Å². The zero-order valence-electron chi connectivity index (χ0n) is 12.1. The quantitative estimate of drug-likeness (QED) is 0.789. The SMILES string of the molecule is CCOc1cccc(-c2cnc(-c3cn[nH]c3)c(C)c2)c1. The molecule has 0 bridgehead atoms. The standard InChI is InChI=1S/C17H17N3O/c1-3-21-16-6-4-5-13(8-16)14-7-12(2)17(18-9-14)15-10-19-20-11-15/h4-11H,3H2,1-2H3,(H,19,20). The van der Waals surface area contributed by atoms with Gasteiger partial charge in [-0.15, -0.1) is 0 Å². The third kappa shape index (κ3) is 2.79. The van der Waals surface area contributed by atoms with Crippen molar-refractivity contribution in [3.8, 4) is 28.1 Å². The van der Waals surface area contributed by atoms with Crippen LogP contribution >= 0.6 is 0 Å². The Kier molecular flexibility index (Phi) is 3.69. The Labute approximate surface area is 123 Å². The summed E-state index contributed by atoms with van der Waals surface area (Å²) in [6, 6.07) is 10.2. The lowest BCUT2D eigenvalue weighted by Crippen LogP contribution is -1.92. The first-order valence-corrected chi connectivity index (χ1v) is 6.97. The summed E-state index contributed by atoms with van der Waals surface area (Å²) in [6.45, 7) is 4.71. The Morgan fingerprint density at radius 2 is 2.00 bits per heavy atom. The normalized spacial score (nSPS) is 10.6. The predicted molar refractivity (Wildman–Crippen MR) is 83.2 cm³/mol. The van der Waals surface area contributed by atoms with Crippen LogP contribution in [-0.4, -0.2) is 21.8 Å². The summed E-state index contributed by atoms with van der Waals surface area (Å²) in [6.07, 6.45) is 5.52. The molecule has 0 aliphatic heterocycles. The molecule has 0 aliphatic carbocycles. The summed E-state index contributed by atoms with van der Waals surface area (Å²) < 4.78 is 5.55. The van der Waals surface area contributed by atoms with Gasteiger partial charge in [-0.1, -0.05) is 12.1 Å². The van der Waals surface area contributed by atoms with Gasteiger partial charge in [0.05, 0.1) is 18.5 Å². The Hall–Kier alpha value is -2.62. The number of pyridine rings is 1. The van der Waals surface area contributed by atoms with E-state index in [1.807, 2.05) is 37.5 Å². The Morgan fingerprint density at radius 3 is 2.71 bits per heavy atom. The van der Waals surface area contributed by atoms with E-state index in [0.717, 1.165) is 33.7 Å². The first-order valence-electron chi connectivity index (χ1n) is 6.97. The van der Waals surface area contributed by atoms with Gasteiger partial charge in [-0.25, -0.2) is 0 Å². The molecule has 0 spiro atoms. The van der Waals surface area contributed by atoms with E-state index in [-0.39, 0.29) is 0 Å². The van der Waals surface area contributed by atoms with Gasteiger partial charge < -0.3 is 4.74 Å². The molecule has 3 rings (SSSR count). The Morgan fingerprint density at radius 1 is 1.10 bits per heavy atom. The molecule has 4 nitrogen and oxygen atoms in total. The maximum Gasteiger partial charge on any atom is 0.119 e. The first-order chi connectivity index (χ1) is 10.3. The topological polar surface area (TPSA) is 50.8 Å². The fourth-order valence-corrected chi connectivity index (χ4v) is 2.35. The molecule has 0 fully saturated rings. The van der Waals surface area contributed by atoms with E-state index < -0.39 is 0 Å². The molecule has 0 radical (unpaired) electrons. The van der Waals surface area contributed by atoms with Crippen molar-refractivity contribution < 1.29 is 4.74 Å². The molecular formula is C17H17N3O. The van der Waals surface area contributed by atoms with E-state index >= 15 is 0 Å². The number of hydrogen-bond donors (Lipinski definition) is 1. The Bertz CT molecular complexity index is 736. The van der Waals surface area contributed by atoms with Gasteiger partial charge in [0, 0.05) is 23.5 Å². The van der Waals surface area contributed by atoms with Crippen molar-refractivity contribution in [3.63, 3.8) is 0 Å². The fourth-order valence-electron chi connectivity index (χ4n) is 2.35. The molecule has 1 N–H and O–H groups in total. The first kappa shape index (κ1) is 13.4. The zero-order chi connectivity index (χ0) is 14.7. The lowest BCUT2D eigenvalue weighted by molar-refractivity contribution is 0.340. The lowest BCUT2D eigenvalue weighted by Gasteiger charge is -2.08. The summed E-state index contributed by atoms with van der Waals surface area (Å²) in [5, 5.41) is 6.79. The maximum atomic E-state index is 5.55. The van der Waals surface area contributed by atoms with E-state index in [1.165, 1.54) is 0 Å². The number of H-pyrrole nitrogens is 1. The van der Waals surface area contributed by atoms with E-state index in [1.54, 1.807) is 6.20 Å². The number of ether oxygens (including phenoxy) is 1. The highest BCUT2D eigenvalue weighted by molar-refractivity contribution is 5.69.